The van der Waals surface area contributed by atoms with Crippen molar-refractivity contribution >= 4 is 0 Å². The molecular formula is C16H21N3O. The third-order valence-corrected chi connectivity index (χ3v) is 3.86. The molecule has 0 bridgehead atoms. The van der Waals surface area contributed by atoms with Crippen LogP contribution in [0.25, 0.3) is 0 Å². The van der Waals surface area contributed by atoms with Gasteiger partial charge in [-0.3, -0.25) is 0 Å². The van der Waals surface area contributed by atoms with Gasteiger partial charge in [-0.25, -0.2) is 0 Å². The van der Waals surface area contributed by atoms with Gasteiger partial charge in [0.2, 0.25) is 5.89 Å². The molecule has 0 spiro atoms. The summed E-state index contributed by atoms with van der Waals surface area (Å²) in [6.07, 6.45) is 2.65. The molecule has 0 fully saturated rings. The molecule has 3 rings (SSSR count). The highest BCUT2D eigenvalue weighted by Gasteiger charge is 2.31. The SMILES string of the molecule is CC(C)CC(N)Cc1nc(C2Cc3ccccc32)no1. The summed E-state index contributed by atoms with van der Waals surface area (Å²) in [6, 6.07) is 8.53. The monoisotopic (exact) mass is 271 g/mol. The molecule has 1 aliphatic carbocycles. The molecule has 2 atom stereocenters. The molecule has 2 aromatic rings. The second-order valence-corrected chi connectivity index (χ2v) is 6.10. The maximum absolute atomic E-state index is 6.09. The first-order valence-corrected chi connectivity index (χ1v) is 7.29. The molecule has 20 heavy (non-hydrogen) atoms. The summed E-state index contributed by atoms with van der Waals surface area (Å²) in [6.45, 7) is 4.34. The maximum Gasteiger partial charge on any atom is 0.228 e. The summed E-state index contributed by atoms with van der Waals surface area (Å²) in [7, 11) is 0. The fourth-order valence-electron chi connectivity index (χ4n) is 2.89. The number of nitrogens with zero attached hydrogens (tertiary/aromatic N) is 2. The van der Waals surface area contributed by atoms with E-state index in [0.717, 1.165) is 18.7 Å². The van der Waals surface area contributed by atoms with Crippen molar-refractivity contribution < 1.29 is 4.52 Å². The Balaban J connectivity index is 1.67. The molecule has 4 nitrogen and oxygen atoms in total. The number of rotatable bonds is 5. The van der Waals surface area contributed by atoms with Crippen molar-refractivity contribution in [2.75, 3.05) is 0 Å². The van der Waals surface area contributed by atoms with E-state index >= 15 is 0 Å². The Hall–Kier alpha value is -1.68. The second kappa shape index (κ2) is 5.37. The van der Waals surface area contributed by atoms with Crippen molar-refractivity contribution in [3.63, 3.8) is 0 Å². The molecule has 106 valence electrons. The number of hydrogen-bond acceptors (Lipinski definition) is 4. The van der Waals surface area contributed by atoms with Gasteiger partial charge in [-0.1, -0.05) is 43.3 Å². The van der Waals surface area contributed by atoms with Crippen LogP contribution in [-0.2, 0) is 12.8 Å². The predicted octanol–water partition coefficient (Wildman–Crippen LogP) is 2.67. The van der Waals surface area contributed by atoms with Gasteiger partial charge in [0.15, 0.2) is 5.82 Å². The van der Waals surface area contributed by atoms with Crippen molar-refractivity contribution in [1.29, 1.82) is 0 Å². The molecule has 0 amide bonds. The van der Waals surface area contributed by atoms with Gasteiger partial charge < -0.3 is 10.3 Å². The van der Waals surface area contributed by atoms with Crippen LogP contribution in [0.4, 0.5) is 0 Å². The molecule has 2 unspecified atom stereocenters. The van der Waals surface area contributed by atoms with Crippen molar-refractivity contribution in [2.24, 2.45) is 11.7 Å². The summed E-state index contributed by atoms with van der Waals surface area (Å²) in [5.41, 5.74) is 8.80. The first kappa shape index (κ1) is 13.3. The minimum Gasteiger partial charge on any atom is -0.339 e. The van der Waals surface area contributed by atoms with Crippen LogP contribution in [0, 0.1) is 5.92 Å². The van der Waals surface area contributed by atoms with E-state index in [1.54, 1.807) is 0 Å². The average Bonchev–Trinajstić information content (AvgIpc) is 2.77. The van der Waals surface area contributed by atoms with Gasteiger partial charge in [0.1, 0.15) is 0 Å². The molecule has 1 aromatic carbocycles. The summed E-state index contributed by atoms with van der Waals surface area (Å²) in [5, 5.41) is 4.13. The van der Waals surface area contributed by atoms with E-state index in [0.29, 0.717) is 24.1 Å². The van der Waals surface area contributed by atoms with Crippen LogP contribution >= 0.6 is 0 Å². The van der Waals surface area contributed by atoms with Crippen LogP contribution in [0.5, 0.6) is 0 Å². The van der Waals surface area contributed by atoms with E-state index in [4.69, 9.17) is 10.3 Å². The third kappa shape index (κ3) is 2.61. The third-order valence-electron chi connectivity index (χ3n) is 3.86. The van der Waals surface area contributed by atoms with Gasteiger partial charge in [-0.2, -0.15) is 4.98 Å². The molecule has 0 aliphatic heterocycles. The Bertz CT molecular complexity index is 591. The van der Waals surface area contributed by atoms with Crippen LogP contribution in [0.3, 0.4) is 0 Å². The van der Waals surface area contributed by atoms with Gasteiger partial charge >= 0.3 is 0 Å². The molecular weight excluding hydrogens is 250 g/mol. The minimum absolute atomic E-state index is 0.0944. The number of benzene rings is 1. The highest BCUT2D eigenvalue weighted by molar-refractivity contribution is 5.43. The molecule has 2 N–H and O–H groups in total. The van der Waals surface area contributed by atoms with E-state index in [1.807, 2.05) is 0 Å². The molecule has 1 aliphatic rings. The summed E-state index contributed by atoms with van der Waals surface area (Å²) in [4.78, 5) is 4.52. The van der Waals surface area contributed by atoms with Crippen molar-refractivity contribution in [2.45, 2.75) is 45.1 Å². The topological polar surface area (TPSA) is 64.9 Å². The lowest BCUT2D eigenvalue weighted by Crippen LogP contribution is -2.25. The van der Waals surface area contributed by atoms with Crippen LogP contribution in [0.2, 0.25) is 0 Å². The molecule has 0 radical (unpaired) electrons. The molecule has 1 aromatic heterocycles. The number of fused-ring (bicyclic) bond motifs is 1. The Kier molecular flexibility index (Phi) is 3.57. The van der Waals surface area contributed by atoms with E-state index in [2.05, 4.69) is 48.3 Å². The van der Waals surface area contributed by atoms with Crippen LogP contribution in [0.15, 0.2) is 28.8 Å². The Morgan fingerprint density at radius 1 is 1.35 bits per heavy atom. The van der Waals surface area contributed by atoms with Gasteiger partial charge in [0.25, 0.3) is 0 Å². The molecule has 0 saturated heterocycles. The largest absolute Gasteiger partial charge is 0.339 e. The van der Waals surface area contributed by atoms with Crippen LogP contribution in [0.1, 0.15) is 49.0 Å². The zero-order valence-electron chi connectivity index (χ0n) is 12.0. The summed E-state index contributed by atoms with van der Waals surface area (Å²) < 4.78 is 5.35. The van der Waals surface area contributed by atoms with E-state index in [9.17, 15) is 0 Å². The summed E-state index contributed by atoms with van der Waals surface area (Å²) in [5.74, 6) is 2.35. The van der Waals surface area contributed by atoms with Gasteiger partial charge in [-0.05, 0) is 29.9 Å². The van der Waals surface area contributed by atoms with Crippen molar-refractivity contribution in [3.8, 4) is 0 Å². The molecule has 1 heterocycles. The highest BCUT2D eigenvalue weighted by Crippen LogP contribution is 2.38. The van der Waals surface area contributed by atoms with Gasteiger partial charge in [0, 0.05) is 12.5 Å². The van der Waals surface area contributed by atoms with Crippen LogP contribution in [-0.4, -0.2) is 16.2 Å². The van der Waals surface area contributed by atoms with Gasteiger partial charge in [0.05, 0.1) is 5.92 Å². The normalized spacial score (nSPS) is 18.7. The Morgan fingerprint density at radius 2 is 2.15 bits per heavy atom. The predicted molar refractivity (Wildman–Crippen MR) is 77.4 cm³/mol. The number of hydrogen-bond donors (Lipinski definition) is 1. The van der Waals surface area contributed by atoms with Crippen molar-refractivity contribution in [1.82, 2.24) is 10.1 Å². The first-order valence-electron chi connectivity index (χ1n) is 7.29. The lowest BCUT2D eigenvalue weighted by Gasteiger charge is -2.27. The van der Waals surface area contributed by atoms with Crippen molar-refractivity contribution in [3.05, 3.63) is 47.1 Å². The first-order chi connectivity index (χ1) is 9.63. The van der Waals surface area contributed by atoms with Crippen LogP contribution < -0.4 is 5.73 Å². The summed E-state index contributed by atoms with van der Waals surface area (Å²) >= 11 is 0. The quantitative estimate of drug-likeness (QED) is 0.908. The maximum atomic E-state index is 6.09. The number of nitrogens with two attached hydrogens (primary N) is 1. The van der Waals surface area contributed by atoms with E-state index in [1.165, 1.54) is 11.1 Å². The van der Waals surface area contributed by atoms with Gasteiger partial charge in [-0.15, -0.1) is 0 Å². The lowest BCUT2D eigenvalue weighted by atomic mass is 9.77. The van der Waals surface area contributed by atoms with E-state index in [-0.39, 0.29) is 6.04 Å². The fourth-order valence-corrected chi connectivity index (χ4v) is 2.89. The lowest BCUT2D eigenvalue weighted by molar-refractivity contribution is 0.353. The smallest absolute Gasteiger partial charge is 0.228 e. The minimum atomic E-state index is 0.0944. The highest BCUT2D eigenvalue weighted by atomic mass is 16.5. The molecule has 4 heteroatoms. The molecule has 0 saturated carbocycles. The fraction of sp³-hybridized carbons (Fsp3) is 0.500. The number of aromatic nitrogens is 2. The second-order valence-electron chi connectivity index (χ2n) is 6.10. The standard InChI is InChI=1S/C16H21N3O/c1-10(2)7-12(17)9-15-18-16(19-20-15)14-8-11-5-3-4-6-13(11)14/h3-6,10,12,14H,7-9,17H2,1-2H3. The Labute approximate surface area is 119 Å². The zero-order valence-corrected chi connectivity index (χ0v) is 12.0. The Morgan fingerprint density at radius 3 is 2.90 bits per heavy atom. The zero-order chi connectivity index (χ0) is 14.1. The van der Waals surface area contributed by atoms with E-state index < -0.39 is 0 Å². The average molecular weight is 271 g/mol.